The molecule has 1 aromatic carbocycles. The molecule has 0 saturated carbocycles. The summed E-state index contributed by atoms with van der Waals surface area (Å²) in [6.45, 7) is 1.21. The van der Waals surface area contributed by atoms with Gasteiger partial charge in [0.05, 0.1) is 6.10 Å². The van der Waals surface area contributed by atoms with Gasteiger partial charge in [-0.1, -0.05) is 12.1 Å². The van der Waals surface area contributed by atoms with Crippen LogP contribution in [0.1, 0.15) is 18.4 Å². The lowest BCUT2D eigenvalue weighted by atomic mass is 10.1. The van der Waals surface area contributed by atoms with E-state index in [1.54, 1.807) is 6.08 Å². The molecule has 1 amide bonds. The average molecular weight is 299 g/mol. The number of hydrogen-bond acceptors (Lipinski definition) is 4. The lowest BCUT2D eigenvalue weighted by Crippen LogP contribution is -2.32. The summed E-state index contributed by atoms with van der Waals surface area (Å²) in [5, 5.41) is 11.9. The molecule has 1 aliphatic rings. The van der Waals surface area contributed by atoms with Gasteiger partial charge in [-0.05, 0) is 36.6 Å². The highest BCUT2D eigenvalue weighted by Crippen LogP contribution is 2.15. The fraction of sp³-hybridized carbons (Fsp3) is 0.412. The van der Waals surface area contributed by atoms with Crippen LogP contribution >= 0.6 is 0 Å². The van der Waals surface area contributed by atoms with Gasteiger partial charge in [0.2, 0.25) is 0 Å². The van der Waals surface area contributed by atoms with Crippen LogP contribution in [0.4, 0.5) is 5.69 Å². The summed E-state index contributed by atoms with van der Waals surface area (Å²) in [6, 6.07) is 9.64. The minimum atomic E-state index is -0.352. The maximum Gasteiger partial charge on any atom is 0.262 e. The van der Waals surface area contributed by atoms with Crippen molar-refractivity contribution >= 4 is 17.7 Å². The Morgan fingerprint density at radius 1 is 1.45 bits per heavy atom. The summed E-state index contributed by atoms with van der Waals surface area (Å²) in [7, 11) is 3.92. The second-order valence-corrected chi connectivity index (χ2v) is 5.50. The number of rotatable bonds is 5. The number of nitriles is 1. The van der Waals surface area contributed by atoms with Gasteiger partial charge in [0, 0.05) is 32.9 Å². The van der Waals surface area contributed by atoms with Crippen molar-refractivity contribution in [2.24, 2.45) is 0 Å². The number of nitrogens with zero attached hydrogens (tertiary/aromatic N) is 2. The summed E-state index contributed by atoms with van der Waals surface area (Å²) in [4.78, 5) is 14.0. The molecule has 0 spiro atoms. The van der Waals surface area contributed by atoms with Gasteiger partial charge in [0.25, 0.3) is 5.91 Å². The van der Waals surface area contributed by atoms with Crippen LogP contribution in [0.5, 0.6) is 0 Å². The number of carbonyl (C=O) groups is 1. The van der Waals surface area contributed by atoms with Gasteiger partial charge in [0.1, 0.15) is 11.6 Å². The zero-order valence-corrected chi connectivity index (χ0v) is 13.0. The van der Waals surface area contributed by atoms with E-state index >= 15 is 0 Å². The average Bonchev–Trinajstić information content (AvgIpc) is 3.04. The Morgan fingerprint density at radius 2 is 2.18 bits per heavy atom. The van der Waals surface area contributed by atoms with Crippen LogP contribution in [-0.2, 0) is 9.53 Å². The zero-order chi connectivity index (χ0) is 15.9. The molecule has 0 aliphatic carbocycles. The Balaban J connectivity index is 1.99. The van der Waals surface area contributed by atoms with Gasteiger partial charge >= 0.3 is 0 Å². The number of anilines is 1. The molecule has 0 radical (unpaired) electrons. The number of benzene rings is 1. The molecule has 5 nitrogen and oxygen atoms in total. The Bertz CT molecular complexity index is 579. The van der Waals surface area contributed by atoms with Gasteiger partial charge in [-0.15, -0.1) is 0 Å². The zero-order valence-electron chi connectivity index (χ0n) is 13.0. The van der Waals surface area contributed by atoms with Gasteiger partial charge in [0.15, 0.2) is 0 Å². The van der Waals surface area contributed by atoms with E-state index in [1.807, 2.05) is 49.3 Å². The number of amides is 1. The second kappa shape index (κ2) is 7.62. The predicted molar refractivity (Wildman–Crippen MR) is 86.3 cm³/mol. The van der Waals surface area contributed by atoms with E-state index in [-0.39, 0.29) is 17.6 Å². The van der Waals surface area contributed by atoms with Crippen molar-refractivity contribution in [3.05, 3.63) is 35.4 Å². The minimum Gasteiger partial charge on any atom is -0.378 e. The fourth-order valence-electron chi connectivity index (χ4n) is 2.29. The third-order valence-electron chi connectivity index (χ3n) is 3.60. The molecule has 0 aromatic heterocycles. The van der Waals surface area contributed by atoms with Gasteiger partial charge < -0.3 is 15.0 Å². The van der Waals surface area contributed by atoms with E-state index < -0.39 is 0 Å². The van der Waals surface area contributed by atoms with Crippen LogP contribution in [0.3, 0.4) is 0 Å². The third kappa shape index (κ3) is 4.34. The molecule has 0 unspecified atom stereocenters. The first-order valence-electron chi connectivity index (χ1n) is 7.39. The van der Waals surface area contributed by atoms with Crippen LogP contribution in [0, 0.1) is 11.3 Å². The van der Waals surface area contributed by atoms with Crippen molar-refractivity contribution in [3.8, 4) is 6.07 Å². The molecular weight excluding hydrogens is 278 g/mol. The van der Waals surface area contributed by atoms with Gasteiger partial charge in [-0.25, -0.2) is 0 Å². The summed E-state index contributed by atoms with van der Waals surface area (Å²) in [5.74, 6) is -0.352. The number of nitrogens with one attached hydrogen (secondary N) is 1. The SMILES string of the molecule is CN(C)c1ccc(/C=C(/C#N)C(=O)NC[C@@H]2CCCO2)cc1. The molecule has 1 fully saturated rings. The van der Waals surface area contributed by atoms with E-state index in [0.717, 1.165) is 30.7 Å². The predicted octanol–water partition coefficient (Wildman–Crippen LogP) is 1.95. The Labute approximate surface area is 131 Å². The molecule has 1 saturated heterocycles. The van der Waals surface area contributed by atoms with Crippen molar-refractivity contribution in [1.29, 1.82) is 5.26 Å². The minimum absolute atomic E-state index is 0.0725. The summed E-state index contributed by atoms with van der Waals surface area (Å²) in [6.07, 6.45) is 3.66. The number of ether oxygens (including phenoxy) is 1. The fourth-order valence-corrected chi connectivity index (χ4v) is 2.29. The van der Waals surface area contributed by atoms with E-state index in [4.69, 9.17) is 4.74 Å². The van der Waals surface area contributed by atoms with E-state index in [2.05, 4.69) is 5.32 Å². The van der Waals surface area contributed by atoms with E-state index in [1.165, 1.54) is 0 Å². The van der Waals surface area contributed by atoms with E-state index in [9.17, 15) is 10.1 Å². The Kier molecular flexibility index (Phi) is 5.56. The molecule has 1 N–H and O–H groups in total. The van der Waals surface area contributed by atoms with Crippen LogP contribution < -0.4 is 10.2 Å². The lowest BCUT2D eigenvalue weighted by molar-refractivity contribution is -0.117. The molecule has 1 aromatic rings. The molecule has 1 aliphatic heterocycles. The molecule has 116 valence electrons. The van der Waals surface area contributed by atoms with Crippen LogP contribution in [-0.4, -0.2) is 39.3 Å². The number of carbonyl (C=O) groups excluding carboxylic acids is 1. The lowest BCUT2D eigenvalue weighted by Gasteiger charge is -2.12. The molecule has 1 atom stereocenters. The first kappa shape index (κ1) is 16.1. The molecule has 2 rings (SSSR count). The maximum atomic E-state index is 12.0. The smallest absolute Gasteiger partial charge is 0.262 e. The highest BCUT2D eigenvalue weighted by atomic mass is 16.5. The summed E-state index contributed by atoms with van der Waals surface area (Å²) >= 11 is 0. The van der Waals surface area contributed by atoms with Crippen molar-refractivity contribution < 1.29 is 9.53 Å². The van der Waals surface area contributed by atoms with Crippen molar-refractivity contribution in [1.82, 2.24) is 5.32 Å². The van der Waals surface area contributed by atoms with E-state index in [0.29, 0.717) is 6.54 Å². The van der Waals surface area contributed by atoms with Crippen molar-refractivity contribution in [2.45, 2.75) is 18.9 Å². The second-order valence-electron chi connectivity index (χ2n) is 5.50. The molecule has 1 heterocycles. The molecular formula is C17H21N3O2. The van der Waals surface area contributed by atoms with Crippen LogP contribution in [0.15, 0.2) is 29.8 Å². The largest absolute Gasteiger partial charge is 0.378 e. The monoisotopic (exact) mass is 299 g/mol. The maximum absolute atomic E-state index is 12.0. The topological polar surface area (TPSA) is 65.4 Å². The van der Waals surface area contributed by atoms with Crippen LogP contribution in [0.2, 0.25) is 0 Å². The molecule has 0 bridgehead atoms. The first-order chi connectivity index (χ1) is 10.6. The van der Waals surface area contributed by atoms with Gasteiger partial charge in [-0.3, -0.25) is 4.79 Å². The first-order valence-corrected chi connectivity index (χ1v) is 7.39. The van der Waals surface area contributed by atoms with Crippen molar-refractivity contribution in [2.75, 3.05) is 32.1 Å². The van der Waals surface area contributed by atoms with Crippen molar-refractivity contribution in [3.63, 3.8) is 0 Å². The summed E-state index contributed by atoms with van der Waals surface area (Å²) < 4.78 is 5.45. The Morgan fingerprint density at radius 3 is 2.73 bits per heavy atom. The Hall–Kier alpha value is -2.32. The third-order valence-corrected chi connectivity index (χ3v) is 3.60. The molecule has 5 heteroatoms. The number of hydrogen-bond donors (Lipinski definition) is 1. The standard InChI is InChI=1S/C17H21N3O2/c1-20(2)15-7-5-13(6-8-15)10-14(11-18)17(21)19-12-16-4-3-9-22-16/h5-8,10,16H,3-4,9,12H2,1-2H3,(H,19,21)/b14-10-/t16-/m0/s1. The van der Waals surface area contributed by atoms with Crippen LogP contribution in [0.25, 0.3) is 6.08 Å². The molecule has 22 heavy (non-hydrogen) atoms. The normalized spacial score (nSPS) is 17.9. The van der Waals surface area contributed by atoms with Gasteiger partial charge in [-0.2, -0.15) is 5.26 Å². The highest BCUT2D eigenvalue weighted by molar-refractivity contribution is 6.01. The highest BCUT2D eigenvalue weighted by Gasteiger charge is 2.17. The summed E-state index contributed by atoms with van der Waals surface area (Å²) in [5.41, 5.74) is 2.00. The quantitative estimate of drug-likeness (QED) is 0.667.